The fourth-order valence-electron chi connectivity index (χ4n) is 2.95. The lowest BCUT2D eigenvalue weighted by atomic mass is 10.0. The monoisotopic (exact) mass is 360 g/mol. The van der Waals surface area contributed by atoms with Gasteiger partial charge in [-0.1, -0.05) is 60.7 Å². The first-order valence-electron chi connectivity index (χ1n) is 8.55. The molecule has 0 amide bonds. The van der Waals surface area contributed by atoms with Crippen LogP contribution in [0.4, 0.5) is 0 Å². The van der Waals surface area contributed by atoms with Crippen molar-refractivity contribution in [2.45, 2.75) is 50.2 Å². The highest BCUT2D eigenvalue weighted by atomic mass is 32.2. The molecule has 0 aliphatic carbocycles. The van der Waals surface area contributed by atoms with Gasteiger partial charge in [0.25, 0.3) is 0 Å². The molecule has 0 N–H and O–H groups in total. The Hall–Kier alpha value is -1.65. The molecule has 2 aromatic rings. The van der Waals surface area contributed by atoms with Crippen molar-refractivity contribution in [3.63, 3.8) is 0 Å². The summed E-state index contributed by atoms with van der Waals surface area (Å²) in [7, 11) is -3.42. The van der Waals surface area contributed by atoms with E-state index in [0.29, 0.717) is 13.0 Å². The Labute approximate surface area is 152 Å². The summed E-state index contributed by atoms with van der Waals surface area (Å²) in [5.74, 6) is 0. The zero-order valence-electron chi connectivity index (χ0n) is 15.5. The maximum atomic E-state index is 13.2. The molecule has 0 heterocycles. The maximum Gasteiger partial charge on any atom is 0.163 e. The van der Waals surface area contributed by atoms with Crippen LogP contribution in [0.3, 0.4) is 0 Å². The molecule has 0 unspecified atom stereocenters. The molecule has 0 bridgehead atoms. The third-order valence-electron chi connectivity index (χ3n) is 4.39. The molecule has 0 fully saturated rings. The topological polar surface area (TPSA) is 43.4 Å². The van der Waals surface area contributed by atoms with E-state index < -0.39 is 19.3 Å². The van der Waals surface area contributed by atoms with Gasteiger partial charge >= 0.3 is 0 Å². The predicted octanol–water partition coefficient (Wildman–Crippen LogP) is 4.42. The Morgan fingerprint density at radius 3 is 1.76 bits per heavy atom. The van der Waals surface area contributed by atoms with E-state index in [9.17, 15) is 8.42 Å². The minimum atomic E-state index is -3.42. The Morgan fingerprint density at radius 1 is 0.800 bits per heavy atom. The summed E-state index contributed by atoms with van der Waals surface area (Å²) in [6, 6.07) is 19.6. The van der Waals surface area contributed by atoms with E-state index in [-0.39, 0.29) is 6.61 Å². The van der Waals surface area contributed by atoms with Crippen molar-refractivity contribution in [3.8, 4) is 0 Å². The SMILES string of the molecule is CC(C)(C)S(=O)(=O)[C@](C)(COCc1ccccc1)Cc1ccccc1. The number of benzene rings is 2. The van der Waals surface area contributed by atoms with Gasteiger partial charge in [0, 0.05) is 0 Å². The van der Waals surface area contributed by atoms with Gasteiger partial charge < -0.3 is 4.74 Å². The molecule has 0 saturated carbocycles. The second kappa shape index (κ2) is 7.71. The molecular weight excluding hydrogens is 332 g/mol. The van der Waals surface area contributed by atoms with E-state index in [4.69, 9.17) is 4.74 Å². The van der Waals surface area contributed by atoms with Crippen LogP contribution < -0.4 is 0 Å². The van der Waals surface area contributed by atoms with Gasteiger partial charge in [-0.2, -0.15) is 0 Å². The van der Waals surface area contributed by atoms with Gasteiger partial charge in [-0.05, 0) is 45.2 Å². The Morgan fingerprint density at radius 2 is 1.28 bits per heavy atom. The summed E-state index contributed by atoms with van der Waals surface area (Å²) in [5.41, 5.74) is 2.04. The van der Waals surface area contributed by atoms with Crippen molar-refractivity contribution in [2.75, 3.05) is 6.61 Å². The Balaban J connectivity index is 2.22. The van der Waals surface area contributed by atoms with Gasteiger partial charge in [0.15, 0.2) is 9.84 Å². The van der Waals surface area contributed by atoms with Crippen LogP contribution in [-0.4, -0.2) is 24.5 Å². The lowest BCUT2D eigenvalue weighted by Crippen LogP contribution is -2.50. The summed E-state index contributed by atoms with van der Waals surface area (Å²) in [5, 5.41) is 0. The number of sulfone groups is 1. The number of ether oxygens (including phenoxy) is 1. The Kier molecular flexibility index (Phi) is 6.07. The van der Waals surface area contributed by atoms with Crippen LogP contribution in [0.5, 0.6) is 0 Å². The van der Waals surface area contributed by atoms with Crippen LogP contribution in [-0.2, 0) is 27.6 Å². The molecule has 0 aromatic heterocycles. The first-order valence-corrected chi connectivity index (χ1v) is 10.0. The summed E-state index contributed by atoms with van der Waals surface area (Å²) < 4.78 is 30.5. The Bertz CT molecular complexity index is 762. The summed E-state index contributed by atoms with van der Waals surface area (Å²) in [4.78, 5) is 0. The van der Waals surface area contributed by atoms with Crippen molar-refractivity contribution in [2.24, 2.45) is 0 Å². The highest BCUT2D eigenvalue weighted by molar-refractivity contribution is 7.94. The molecule has 4 heteroatoms. The van der Waals surface area contributed by atoms with E-state index in [1.807, 2.05) is 60.7 Å². The first kappa shape index (κ1) is 19.7. The molecule has 0 saturated heterocycles. The van der Waals surface area contributed by atoms with Crippen LogP contribution in [0.15, 0.2) is 60.7 Å². The van der Waals surface area contributed by atoms with Crippen molar-refractivity contribution in [3.05, 3.63) is 71.8 Å². The van der Waals surface area contributed by atoms with Crippen LogP contribution >= 0.6 is 0 Å². The van der Waals surface area contributed by atoms with E-state index in [0.717, 1.165) is 11.1 Å². The van der Waals surface area contributed by atoms with Gasteiger partial charge in [0.1, 0.15) is 0 Å². The molecular formula is C21H28O3S. The van der Waals surface area contributed by atoms with Gasteiger partial charge in [-0.15, -0.1) is 0 Å². The van der Waals surface area contributed by atoms with E-state index in [2.05, 4.69) is 0 Å². The highest BCUT2D eigenvalue weighted by Gasteiger charge is 2.46. The highest BCUT2D eigenvalue weighted by Crippen LogP contribution is 2.33. The molecule has 2 rings (SSSR count). The molecule has 0 radical (unpaired) electrons. The average Bonchev–Trinajstić information content (AvgIpc) is 2.55. The van der Waals surface area contributed by atoms with Gasteiger partial charge in [-0.25, -0.2) is 8.42 Å². The lowest BCUT2D eigenvalue weighted by Gasteiger charge is -2.35. The molecule has 0 spiro atoms. The van der Waals surface area contributed by atoms with Crippen LogP contribution in [0.2, 0.25) is 0 Å². The summed E-state index contributed by atoms with van der Waals surface area (Å²) >= 11 is 0. The number of hydrogen-bond acceptors (Lipinski definition) is 3. The molecule has 136 valence electrons. The average molecular weight is 361 g/mol. The standard InChI is InChI=1S/C21H28O3S/c1-20(2,3)25(22,23)21(4,15-18-11-7-5-8-12-18)17-24-16-19-13-9-6-10-14-19/h5-14H,15-17H2,1-4H3/t21-/m0/s1. The zero-order chi connectivity index (χ0) is 18.6. The van der Waals surface area contributed by atoms with E-state index in [1.54, 1.807) is 27.7 Å². The van der Waals surface area contributed by atoms with E-state index in [1.165, 1.54) is 0 Å². The third-order valence-corrected chi connectivity index (χ3v) is 7.57. The molecule has 0 aliphatic heterocycles. The molecule has 1 atom stereocenters. The van der Waals surface area contributed by atoms with Crippen LogP contribution in [0, 0.1) is 0 Å². The smallest absolute Gasteiger partial charge is 0.163 e. The molecule has 0 aliphatic rings. The second-order valence-electron chi connectivity index (χ2n) is 7.71. The van der Waals surface area contributed by atoms with Gasteiger partial charge in [0.05, 0.1) is 22.7 Å². The summed E-state index contributed by atoms with van der Waals surface area (Å²) in [6.07, 6.45) is 0.433. The largest absolute Gasteiger partial charge is 0.375 e. The van der Waals surface area contributed by atoms with E-state index >= 15 is 0 Å². The van der Waals surface area contributed by atoms with Gasteiger partial charge in [0.2, 0.25) is 0 Å². The number of hydrogen-bond donors (Lipinski definition) is 0. The molecule has 3 nitrogen and oxygen atoms in total. The molecule has 25 heavy (non-hydrogen) atoms. The quantitative estimate of drug-likeness (QED) is 0.734. The predicted molar refractivity (Wildman–Crippen MR) is 103 cm³/mol. The second-order valence-corrected chi connectivity index (χ2v) is 10.9. The summed E-state index contributed by atoms with van der Waals surface area (Å²) in [6.45, 7) is 7.63. The van der Waals surface area contributed by atoms with Gasteiger partial charge in [-0.3, -0.25) is 0 Å². The van der Waals surface area contributed by atoms with Crippen molar-refractivity contribution < 1.29 is 13.2 Å². The van der Waals surface area contributed by atoms with Crippen molar-refractivity contribution >= 4 is 9.84 Å². The number of rotatable bonds is 7. The maximum absolute atomic E-state index is 13.2. The minimum absolute atomic E-state index is 0.163. The van der Waals surface area contributed by atoms with Crippen LogP contribution in [0.1, 0.15) is 38.8 Å². The molecule has 2 aromatic carbocycles. The fourth-order valence-corrected chi connectivity index (χ4v) is 5.02. The zero-order valence-corrected chi connectivity index (χ0v) is 16.3. The van der Waals surface area contributed by atoms with Crippen molar-refractivity contribution in [1.29, 1.82) is 0 Å². The fraction of sp³-hybridized carbons (Fsp3) is 0.429. The first-order chi connectivity index (χ1) is 11.7. The van der Waals surface area contributed by atoms with Crippen LogP contribution in [0.25, 0.3) is 0 Å². The minimum Gasteiger partial charge on any atom is -0.375 e. The third kappa shape index (κ3) is 4.71. The lowest BCUT2D eigenvalue weighted by molar-refractivity contribution is 0.0990. The normalized spacial score (nSPS) is 14.9. The van der Waals surface area contributed by atoms with Crippen molar-refractivity contribution in [1.82, 2.24) is 0 Å².